The molecule has 3 aromatic rings. The Balaban J connectivity index is 1.77. The van der Waals surface area contributed by atoms with E-state index in [-0.39, 0.29) is 5.56 Å². The first-order valence-electron chi connectivity index (χ1n) is 6.73. The molecule has 0 aliphatic heterocycles. The van der Waals surface area contributed by atoms with Crippen LogP contribution in [0.2, 0.25) is 0 Å². The van der Waals surface area contributed by atoms with Gasteiger partial charge in [0.1, 0.15) is 0 Å². The normalized spacial score (nSPS) is 11.3. The zero-order valence-electron chi connectivity index (χ0n) is 12.0. The van der Waals surface area contributed by atoms with Crippen molar-refractivity contribution >= 4 is 11.6 Å². The van der Waals surface area contributed by atoms with Crippen LogP contribution < -0.4 is 5.32 Å². The van der Waals surface area contributed by atoms with E-state index < -0.39 is 17.6 Å². The standard InChI is InChI=1S/C15H10F3N5O/c16-15(17,18)11-5-10(6-19-7-11)14(24)22-12-8-21-23(9-12)13-3-1-2-4-20-13/h1-9H,(H,22,24). The molecule has 3 heterocycles. The van der Waals surface area contributed by atoms with E-state index in [4.69, 9.17) is 0 Å². The van der Waals surface area contributed by atoms with Crippen molar-refractivity contribution in [1.29, 1.82) is 0 Å². The molecule has 1 N–H and O–H groups in total. The third-order valence-electron chi connectivity index (χ3n) is 3.05. The van der Waals surface area contributed by atoms with Crippen LogP contribution in [0.4, 0.5) is 18.9 Å². The van der Waals surface area contributed by atoms with Crippen LogP contribution in [0.25, 0.3) is 5.82 Å². The summed E-state index contributed by atoms with van der Waals surface area (Å²) in [6.07, 6.45) is 1.62. The Hall–Kier alpha value is -3.23. The zero-order chi connectivity index (χ0) is 17.2. The Morgan fingerprint density at radius 1 is 1.17 bits per heavy atom. The number of aromatic nitrogens is 4. The van der Waals surface area contributed by atoms with Gasteiger partial charge in [0.05, 0.1) is 29.2 Å². The molecule has 0 unspecified atom stereocenters. The second-order valence-electron chi connectivity index (χ2n) is 4.78. The van der Waals surface area contributed by atoms with Gasteiger partial charge in [-0.25, -0.2) is 9.67 Å². The lowest BCUT2D eigenvalue weighted by molar-refractivity contribution is -0.137. The van der Waals surface area contributed by atoms with Gasteiger partial charge >= 0.3 is 6.18 Å². The summed E-state index contributed by atoms with van der Waals surface area (Å²) in [4.78, 5) is 19.6. The lowest BCUT2D eigenvalue weighted by Gasteiger charge is -2.07. The van der Waals surface area contributed by atoms with Gasteiger partial charge in [0, 0.05) is 18.6 Å². The third kappa shape index (κ3) is 3.40. The maximum absolute atomic E-state index is 12.7. The van der Waals surface area contributed by atoms with Crippen molar-refractivity contribution in [3.05, 3.63) is 66.4 Å². The van der Waals surface area contributed by atoms with Gasteiger partial charge in [0.25, 0.3) is 5.91 Å². The Morgan fingerprint density at radius 3 is 2.71 bits per heavy atom. The number of alkyl halides is 3. The van der Waals surface area contributed by atoms with Crippen LogP contribution >= 0.6 is 0 Å². The molecule has 0 aliphatic carbocycles. The summed E-state index contributed by atoms with van der Waals surface area (Å²) in [6.45, 7) is 0. The van der Waals surface area contributed by atoms with Gasteiger partial charge in [-0.1, -0.05) is 6.07 Å². The molecule has 0 bridgehead atoms. The second kappa shape index (κ2) is 6.11. The molecule has 0 aliphatic rings. The summed E-state index contributed by atoms with van der Waals surface area (Å²) in [5.74, 6) is -0.173. The minimum Gasteiger partial charge on any atom is -0.319 e. The quantitative estimate of drug-likeness (QED) is 0.800. The predicted octanol–water partition coefficient (Wildman–Crippen LogP) is 2.93. The molecule has 122 valence electrons. The highest BCUT2D eigenvalue weighted by Gasteiger charge is 2.31. The topological polar surface area (TPSA) is 72.7 Å². The smallest absolute Gasteiger partial charge is 0.319 e. The van der Waals surface area contributed by atoms with Crippen molar-refractivity contribution in [1.82, 2.24) is 19.7 Å². The van der Waals surface area contributed by atoms with E-state index in [9.17, 15) is 18.0 Å². The average Bonchev–Trinajstić information content (AvgIpc) is 3.03. The number of nitrogens with one attached hydrogen (secondary N) is 1. The van der Waals surface area contributed by atoms with E-state index in [2.05, 4.69) is 20.4 Å². The van der Waals surface area contributed by atoms with Crippen LogP contribution in [-0.4, -0.2) is 25.7 Å². The zero-order valence-corrected chi connectivity index (χ0v) is 12.0. The van der Waals surface area contributed by atoms with Gasteiger partial charge in [0.2, 0.25) is 0 Å². The van der Waals surface area contributed by atoms with Gasteiger partial charge in [0.15, 0.2) is 5.82 Å². The van der Waals surface area contributed by atoms with Crippen molar-refractivity contribution in [2.75, 3.05) is 5.32 Å². The number of hydrogen-bond donors (Lipinski definition) is 1. The first-order chi connectivity index (χ1) is 11.4. The maximum Gasteiger partial charge on any atom is 0.417 e. The lowest BCUT2D eigenvalue weighted by atomic mass is 10.2. The molecule has 24 heavy (non-hydrogen) atoms. The van der Waals surface area contributed by atoms with E-state index in [0.29, 0.717) is 17.7 Å². The van der Waals surface area contributed by atoms with Crippen LogP contribution in [0, 0.1) is 0 Å². The molecule has 0 aromatic carbocycles. The number of anilines is 1. The van der Waals surface area contributed by atoms with Crippen molar-refractivity contribution in [3.8, 4) is 5.82 Å². The number of carbonyl (C=O) groups is 1. The Labute approximate surface area is 134 Å². The van der Waals surface area contributed by atoms with E-state index in [1.54, 1.807) is 24.4 Å². The van der Waals surface area contributed by atoms with Crippen LogP contribution in [0.15, 0.2) is 55.2 Å². The minimum absolute atomic E-state index is 0.199. The fraction of sp³-hybridized carbons (Fsp3) is 0.0667. The van der Waals surface area contributed by atoms with Gasteiger partial charge in [-0.15, -0.1) is 0 Å². The van der Waals surface area contributed by atoms with E-state index >= 15 is 0 Å². The van der Waals surface area contributed by atoms with E-state index in [1.807, 2.05) is 0 Å². The summed E-state index contributed by atoms with van der Waals surface area (Å²) in [7, 11) is 0. The summed E-state index contributed by atoms with van der Waals surface area (Å²) in [5, 5.41) is 6.50. The molecule has 9 heteroatoms. The fourth-order valence-corrected chi connectivity index (χ4v) is 1.92. The molecule has 0 saturated heterocycles. The highest BCUT2D eigenvalue weighted by molar-refractivity contribution is 6.04. The molecule has 6 nitrogen and oxygen atoms in total. The van der Waals surface area contributed by atoms with Crippen LogP contribution in [0.1, 0.15) is 15.9 Å². The first-order valence-corrected chi connectivity index (χ1v) is 6.73. The third-order valence-corrected chi connectivity index (χ3v) is 3.05. The summed E-state index contributed by atoms with van der Waals surface area (Å²) >= 11 is 0. The van der Waals surface area contributed by atoms with Crippen molar-refractivity contribution in [3.63, 3.8) is 0 Å². The van der Waals surface area contributed by atoms with Gasteiger partial charge in [-0.3, -0.25) is 9.78 Å². The fourth-order valence-electron chi connectivity index (χ4n) is 1.92. The van der Waals surface area contributed by atoms with Crippen LogP contribution in [0.5, 0.6) is 0 Å². The van der Waals surface area contributed by atoms with E-state index in [1.165, 1.54) is 17.1 Å². The molecule has 0 radical (unpaired) electrons. The molecule has 3 rings (SSSR count). The molecule has 0 spiro atoms. The number of amides is 1. The van der Waals surface area contributed by atoms with Gasteiger partial charge in [-0.05, 0) is 18.2 Å². The van der Waals surface area contributed by atoms with E-state index in [0.717, 1.165) is 12.3 Å². The number of halogens is 3. The SMILES string of the molecule is O=C(Nc1cnn(-c2ccccn2)c1)c1cncc(C(F)(F)F)c1. The number of rotatable bonds is 3. The molecule has 0 fully saturated rings. The molecular formula is C15H10F3N5O. The first kappa shape index (κ1) is 15.7. The Kier molecular flexibility index (Phi) is 3.98. The number of nitrogens with zero attached hydrogens (tertiary/aromatic N) is 4. The maximum atomic E-state index is 12.7. The highest BCUT2D eigenvalue weighted by atomic mass is 19.4. The van der Waals surface area contributed by atoms with Crippen molar-refractivity contribution in [2.24, 2.45) is 0 Å². The highest BCUT2D eigenvalue weighted by Crippen LogP contribution is 2.29. The molecule has 1 amide bonds. The number of hydrogen-bond acceptors (Lipinski definition) is 4. The second-order valence-corrected chi connectivity index (χ2v) is 4.78. The Bertz CT molecular complexity index is 861. The summed E-state index contributed by atoms with van der Waals surface area (Å²) in [6, 6.07) is 5.98. The van der Waals surface area contributed by atoms with Crippen molar-refractivity contribution < 1.29 is 18.0 Å². The number of pyridine rings is 2. The monoisotopic (exact) mass is 333 g/mol. The lowest BCUT2D eigenvalue weighted by Crippen LogP contribution is -2.14. The van der Waals surface area contributed by atoms with Crippen LogP contribution in [-0.2, 0) is 6.18 Å². The Morgan fingerprint density at radius 2 is 2.00 bits per heavy atom. The van der Waals surface area contributed by atoms with Gasteiger partial charge in [-0.2, -0.15) is 18.3 Å². The van der Waals surface area contributed by atoms with Crippen molar-refractivity contribution in [2.45, 2.75) is 6.18 Å². The average molecular weight is 333 g/mol. The largest absolute Gasteiger partial charge is 0.417 e. The summed E-state index contributed by atoms with van der Waals surface area (Å²) in [5.41, 5.74) is -0.863. The molecule has 0 saturated carbocycles. The summed E-state index contributed by atoms with van der Waals surface area (Å²) < 4.78 is 39.4. The minimum atomic E-state index is -4.56. The molecule has 3 aromatic heterocycles. The molecular weight excluding hydrogens is 323 g/mol. The van der Waals surface area contributed by atoms with Crippen LogP contribution in [0.3, 0.4) is 0 Å². The predicted molar refractivity (Wildman–Crippen MR) is 78.6 cm³/mol. The molecule has 0 atom stereocenters. The number of carbonyl (C=O) groups excluding carboxylic acids is 1. The van der Waals surface area contributed by atoms with Gasteiger partial charge < -0.3 is 5.32 Å².